The Morgan fingerprint density at radius 3 is 2.44 bits per heavy atom. The lowest BCUT2D eigenvalue weighted by atomic mass is 10.1. The second kappa shape index (κ2) is 8.60. The van der Waals surface area contributed by atoms with E-state index in [0.29, 0.717) is 19.5 Å². The molecule has 0 bridgehead atoms. The molecule has 0 saturated carbocycles. The highest BCUT2D eigenvalue weighted by Crippen LogP contribution is 2.11. The third kappa shape index (κ3) is 5.55. The van der Waals surface area contributed by atoms with Crippen molar-refractivity contribution < 1.29 is 4.79 Å². The third-order valence-corrected chi connectivity index (χ3v) is 4.20. The Bertz CT molecular complexity index is 685. The molecule has 7 nitrogen and oxygen atoms in total. The lowest BCUT2D eigenvalue weighted by Gasteiger charge is -2.18. The molecule has 0 fully saturated rings. The van der Waals surface area contributed by atoms with E-state index < -0.39 is 0 Å². The largest absolute Gasteiger partial charge is 0.338 e. The molecule has 2 aromatic heterocycles. The second-order valence-corrected chi connectivity index (χ2v) is 6.49. The number of carbonyl (C=O) groups excluding carboxylic acids is 1. The molecular formula is C18H28N6O. The smallest absolute Gasteiger partial charge is 0.317 e. The summed E-state index contributed by atoms with van der Waals surface area (Å²) >= 11 is 0. The number of nitrogens with one attached hydrogen (secondary N) is 2. The highest BCUT2D eigenvalue weighted by Gasteiger charge is 2.10. The number of urea groups is 1. The third-order valence-electron chi connectivity index (χ3n) is 4.20. The van der Waals surface area contributed by atoms with Gasteiger partial charge >= 0.3 is 6.03 Å². The Balaban J connectivity index is 1.71. The van der Waals surface area contributed by atoms with Gasteiger partial charge in [-0.1, -0.05) is 0 Å². The van der Waals surface area contributed by atoms with Crippen molar-refractivity contribution in [2.24, 2.45) is 0 Å². The summed E-state index contributed by atoms with van der Waals surface area (Å²) in [7, 11) is 1.82. The van der Waals surface area contributed by atoms with Gasteiger partial charge in [0.15, 0.2) is 0 Å². The van der Waals surface area contributed by atoms with Crippen LogP contribution in [-0.4, -0.2) is 51.2 Å². The molecule has 0 radical (unpaired) electrons. The number of aromatic amines is 1. The van der Waals surface area contributed by atoms with E-state index in [4.69, 9.17) is 0 Å². The summed E-state index contributed by atoms with van der Waals surface area (Å²) in [5.41, 5.74) is 5.31. The maximum Gasteiger partial charge on any atom is 0.317 e. The Kier molecular flexibility index (Phi) is 6.50. The van der Waals surface area contributed by atoms with Gasteiger partial charge in [-0.3, -0.25) is 5.10 Å². The molecule has 0 aromatic carbocycles. The first-order valence-electron chi connectivity index (χ1n) is 8.67. The highest BCUT2D eigenvalue weighted by molar-refractivity contribution is 5.73. The van der Waals surface area contributed by atoms with Gasteiger partial charge in [-0.25, -0.2) is 14.8 Å². The van der Waals surface area contributed by atoms with Crippen LogP contribution in [-0.2, 0) is 12.8 Å². The fourth-order valence-electron chi connectivity index (χ4n) is 2.86. The maximum atomic E-state index is 12.1. The van der Waals surface area contributed by atoms with E-state index >= 15 is 0 Å². The molecule has 0 saturated heterocycles. The minimum atomic E-state index is -0.0648. The molecule has 2 amide bonds. The lowest BCUT2D eigenvalue weighted by Crippen LogP contribution is -2.39. The van der Waals surface area contributed by atoms with Gasteiger partial charge in [-0.2, -0.15) is 5.10 Å². The van der Waals surface area contributed by atoms with Crippen LogP contribution < -0.4 is 5.32 Å². The van der Waals surface area contributed by atoms with Crippen molar-refractivity contribution in [3.05, 3.63) is 40.2 Å². The van der Waals surface area contributed by atoms with Crippen LogP contribution in [0.4, 0.5) is 4.79 Å². The van der Waals surface area contributed by atoms with Crippen LogP contribution >= 0.6 is 0 Å². The van der Waals surface area contributed by atoms with Crippen LogP contribution in [0.3, 0.4) is 0 Å². The molecule has 2 N–H and O–H groups in total. The zero-order chi connectivity index (χ0) is 18.4. The van der Waals surface area contributed by atoms with Crippen molar-refractivity contribution >= 4 is 6.03 Å². The molecule has 0 unspecified atom stereocenters. The first-order valence-corrected chi connectivity index (χ1v) is 8.67. The summed E-state index contributed by atoms with van der Waals surface area (Å²) in [6.07, 6.45) is 2.46. The van der Waals surface area contributed by atoms with Crippen molar-refractivity contribution in [2.75, 3.05) is 20.1 Å². The van der Waals surface area contributed by atoms with Crippen LogP contribution in [0.1, 0.15) is 40.6 Å². The number of carbonyl (C=O) groups is 1. The highest BCUT2D eigenvalue weighted by atomic mass is 16.2. The van der Waals surface area contributed by atoms with Crippen LogP contribution in [0.5, 0.6) is 0 Å². The van der Waals surface area contributed by atoms with E-state index in [9.17, 15) is 4.79 Å². The van der Waals surface area contributed by atoms with Gasteiger partial charge in [0.2, 0.25) is 0 Å². The summed E-state index contributed by atoms with van der Waals surface area (Å²) in [5.74, 6) is 0.770. The van der Waals surface area contributed by atoms with Crippen molar-refractivity contribution in [3.8, 4) is 0 Å². The molecule has 2 rings (SSSR count). The Morgan fingerprint density at radius 1 is 1.16 bits per heavy atom. The summed E-state index contributed by atoms with van der Waals surface area (Å²) in [5, 5.41) is 10.1. The molecule has 0 aliphatic carbocycles. The maximum absolute atomic E-state index is 12.1. The van der Waals surface area contributed by atoms with Crippen molar-refractivity contribution in [1.29, 1.82) is 0 Å². The van der Waals surface area contributed by atoms with Gasteiger partial charge in [0.25, 0.3) is 0 Å². The Hall–Kier alpha value is -2.44. The summed E-state index contributed by atoms with van der Waals surface area (Å²) < 4.78 is 0. The zero-order valence-corrected chi connectivity index (χ0v) is 15.8. The van der Waals surface area contributed by atoms with Crippen LogP contribution in [0.2, 0.25) is 0 Å². The number of aromatic nitrogens is 4. The van der Waals surface area contributed by atoms with Crippen molar-refractivity contribution in [3.63, 3.8) is 0 Å². The lowest BCUT2D eigenvalue weighted by molar-refractivity contribution is 0.208. The number of nitrogens with zero attached hydrogens (tertiary/aromatic N) is 4. The number of hydrogen-bond donors (Lipinski definition) is 2. The molecule has 0 atom stereocenters. The van der Waals surface area contributed by atoms with Crippen molar-refractivity contribution in [2.45, 2.75) is 47.0 Å². The molecule has 136 valence electrons. The molecule has 0 spiro atoms. The molecule has 2 heterocycles. The molecule has 0 aliphatic rings. The minimum Gasteiger partial charge on any atom is -0.338 e. The standard InChI is InChI=1S/C18H28N6O/c1-12-11-13(2)21-17(20-12)8-9-19-18(25)24(5)10-6-7-16-14(3)22-23-15(16)4/h11H,6-10H2,1-5H3,(H,19,25)(H,22,23). The second-order valence-electron chi connectivity index (χ2n) is 6.49. The monoisotopic (exact) mass is 344 g/mol. The Labute approximate surface area is 149 Å². The quantitative estimate of drug-likeness (QED) is 0.806. The topological polar surface area (TPSA) is 86.8 Å². The van der Waals surface area contributed by atoms with Crippen LogP contribution in [0, 0.1) is 27.7 Å². The van der Waals surface area contributed by atoms with E-state index in [1.807, 2.05) is 40.8 Å². The van der Waals surface area contributed by atoms with Crippen LogP contribution in [0.25, 0.3) is 0 Å². The predicted molar refractivity (Wildman–Crippen MR) is 97.6 cm³/mol. The van der Waals surface area contributed by atoms with Gasteiger partial charge in [0.1, 0.15) is 5.82 Å². The summed E-state index contributed by atoms with van der Waals surface area (Å²) in [6, 6.07) is 1.88. The number of rotatable bonds is 7. The number of hydrogen-bond acceptors (Lipinski definition) is 4. The first kappa shape index (κ1) is 18.9. The molecule has 0 aliphatic heterocycles. The van der Waals surface area contributed by atoms with E-state index in [1.54, 1.807) is 4.90 Å². The van der Waals surface area contributed by atoms with Gasteiger partial charge in [-0.05, 0) is 52.2 Å². The average molecular weight is 344 g/mol. The van der Waals surface area contributed by atoms with E-state index in [-0.39, 0.29) is 6.03 Å². The normalized spacial score (nSPS) is 10.8. The molecule has 2 aromatic rings. The fourth-order valence-corrected chi connectivity index (χ4v) is 2.86. The number of H-pyrrole nitrogens is 1. The number of amides is 2. The van der Waals surface area contributed by atoms with Gasteiger partial charge < -0.3 is 10.2 Å². The SMILES string of the molecule is Cc1cc(C)nc(CCNC(=O)N(C)CCCc2c(C)n[nH]c2C)n1. The fraction of sp³-hybridized carbons (Fsp3) is 0.556. The van der Waals surface area contributed by atoms with Crippen LogP contribution in [0.15, 0.2) is 6.07 Å². The molecule has 7 heteroatoms. The summed E-state index contributed by atoms with van der Waals surface area (Å²) in [6.45, 7) is 9.18. The number of aryl methyl sites for hydroxylation is 4. The minimum absolute atomic E-state index is 0.0648. The van der Waals surface area contributed by atoms with Gasteiger partial charge in [0.05, 0.1) is 5.69 Å². The summed E-state index contributed by atoms with van der Waals surface area (Å²) in [4.78, 5) is 22.6. The predicted octanol–water partition coefficient (Wildman–Crippen LogP) is 2.25. The zero-order valence-electron chi connectivity index (χ0n) is 15.8. The van der Waals surface area contributed by atoms with Gasteiger partial charge in [0, 0.05) is 43.6 Å². The van der Waals surface area contributed by atoms with E-state index in [2.05, 4.69) is 25.5 Å². The van der Waals surface area contributed by atoms with Gasteiger partial charge in [-0.15, -0.1) is 0 Å². The van der Waals surface area contributed by atoms with E-state index in [1.165, 1.54) is 5.56 Å². The molecular weight excluding hydrogens is 316 g/mol. The van der Waals surface area contributed by atoms with Crippen molar-refractivity contribution in [1.82, 2.24) is 30.4 Å². The molecule has 25 heavy (non-hydrogen) atoms. The first-order chi connectivity index (χ1) is 11.9. The Morgan fingerprint density at radius 2 is 1.84 bits per heavy atom. The van der Waals surface area contributed by atoms with E-state index in [0.717, 1.165) is 41.4 Å². The average Bonchev–Trinajstić information content (AvgIpc) is 2.85.